The fraction of sp³-hybridized carbons (Fsp3) is 0.444. The summed E-state index contributed by atoms with van der Waals surface area (Å²) in [6.07, 6.45) is 2.31. The second-order valence-corrected chi connectivity index (χ2v) is 9.78. The number of carbonyl (C=O) groups excluding carboxylic acids is 2. The second kappa shape index (κ2) is 8.87. The zero-order valence-electron chi connectivity index (χ0n) is 20.3. The lowest BCUT2D eigenvalue weighted by Crippen LogP contribution is -2.52. The van der Waals surface area contributed by atoms with Gasteiger partial charge in [0.1, 0.15) is 0 Å². The van der Waals surface area contributed by atoms with Gasteiger partial charge in [-0.25, -0.2) is 4.99 Å². The van der Waals surface area contributed by atoms with Gasteiger partial charge >= 0.3 is 0 Å². The van der Waals surface area contributed by atoms with E-state index in [1.54, 1.807) is 25.1 Å². The molecular formula is C27H34N4O3. The molecule has 0 saturated heterocycles. The highest BCUT2D eigenvalue weighted by Crippen LogP contribution is 2.39. The zero-order chi connectivity index (χ0) is 24.7. The highest BCUT2D eigenvalue weighted by molar-refractivity contribution is 5.99. The average molecular weight is 463 g/mol. The molecule has 1 heterocycles. The molecule has 0 spiro atoms. The van der Waals surface area contributed by atoms with Crippen LogP contribution in [0.2, 0.25) is 0 Å². The predicted octanol–water partition coefficient (Wildman–Crippen LogP) is 3.63. The summed E-state index contributed by atoms with van der Waals surface area (Å²) < 4.78 is 0. The molecule has 1 unspecified atom stereocenters. The van der Waals surface area contributed by atoms with E-state index in [0.717, 1.165) is 29.5 Å². The van der Waals surface area contributed by atoms with Crippen LogP contribution in [0.3, 0.4) is 0 Å². The maximum Gasteiger partial charge on any atom is 0.251 e. The van der Waals surface area contributed by atoms with Crippen LogP contribution in [0.4, 0.5) is 0 Å². The number of rotatable bonds is 6. The van der Waals surface area contributed by atoms with Crippen molar-refractivity contribution >= 4 is 17.8 Å². The molecule has 180 valence electrons. The van der Waals surface area contributed by atoms with Gasteiger partial charge in [0.15, 0.2) is 5.96 Å². The van der Waals surface area contributed by atoms with Gasteiger partial charge in [-0.3, -0.25) is 14.5 Å². The molecule has 4 rings (SSSR count). The highest BCUT2D eigenvalue weighted by Gasteiger charge is 2.42. The van der Waals surface area contributed by atoms with Gasteiger partial charge in [-0.2, -0.15) is 0 Å². The summed E-state index contributed by atoms with van der Waals surface area (Å²) in [4.78, 5) is 32.4. The van der Waals surface area contributed by atoms with E-state index >= 15 is 0 Å². The smallest absolute Gasteiger partial charge is 0.251 e. The van der Waals surface area contributed by atoms with Gasteiger partial charge in [0.2, 0.25) is 5.91 Å². The molecule has 7 nitrogen and oxygen atoms in total. The molecule has 0 radical (unpaired) electrons. The van der Waals surface area contributed by atoms with E-state index in [2.05, 4.69) is 10.3 Å². The topological polar surface area (TPSA) is 108 Å². The summed E-state index contributed by atoms with van der Waals surface area (Å²) >= 11 is 0. The number of benzene rings is 2. The lowest BCUT2D eigenvalue weighted by molar-refractivity contribution is -0.131. The summed E-state index contributed by atoms with van der Waals surface area (Å²) in [6.45, 7) is 7.68. The molecule has 2 aromatic carbocycles. The second-order valence-electron chi connectivity index (χ2n) is 9.78. The minimum atomic E-state index is -1.07. The van der Waals surface area contributed by atoms with Crippen molar-refractivity contribution in [2.45, 2.75) is 76.6 Å². The van der Waals surface area contributed by atoms with E-state index in [1.165, 1.54) is 4.90 Å². The fourth-order valence-electron chi connectivity index (χ4n) is 5.24. The Labute approximate surface area is 201 Å². The Balaban J connectivity index is 1.57. The third-order valence-corrected chi connectivity index (χ3v) is 7.49. The molecule has 0 saturated carbocycles. The van der Waals surface area contributed by atoms with Crippen LogP contribution in [-0.2, 0) is 11.2 Å². The molecule has 1 aliphatic carbocycles. The largest absolute Gasteiger partial charge is 0.387 e. The van der Waals surface area contributed by atoms with Gasteiger partial charge in [0.05, 0.1) is 29.6 Å². The molecule has 34 heavy (non-hydrogen) atoms. The number of nitrogens with one attached hydrogen (secondary N) is 1. The van der Waals surface area contributed by atoms with Crippen LogP contribution in [-0.4, -0.2) is 38.9 Å². The minimum absolute atomic E-state index is 0.0582. The van der Waals surface area contributed by atoms with Crippen molar-refractivity contribution in [1.29, 1.82) is 0 Å². The van der Waals surface area contributed by atoms with Crippen LogP contribution in [0.1, 0.15) is 86.1 Å². The van der Waals surface area contributed by atoms with Gasteiger partial charge < -0.3 is 16.2 Å². The normalized spacial score (nSPS) is 24.4. The number of aliphatic hydroxyl groups is 1. The first kappa shape index (κ1) is 24.0. The van der Waals surface area contributed by atoms with Crippen LogP contribution in [0.25, 0.3) is 0 Å². The van der Waals surface area contributed by atoms with Crippen LogP contribution < -0.4 is 11.1 Å². The number of nitrogens with two attached hydrogens (primary N) is 1. The molecule has 0 bridgehead atoms. The molecule has 3 atom stereocenters. The van der Waals surface area contributed by atoms with E-state index < -0.39 is 17.2 Å². The Bertz CT molecular complexity index is 1140. The third kappa shape index (κ3) is 4.20. The molecular weight excluding hydrogens is 428 g/mol. The monoisotopic (exact) mass is 462 g/mol. The number of hydrogen-bond acceptors (Lipinski definition) is 5. The number of fused-ring (bicyclic) bond motifs is 1. The maximum atomic E-state index is 13.2. The third-order valence-electron chi connectivity index (χ3n) is 7.49. The van der Waals surface area contributed by atoms with Gasteiger partial charge in [0, 0.05) is 12.0 Å². The predicted molar refractivity (Wildman–Crippen MR) is 132 cm³/mol. The van der Waals surface area contributed by atoms with Crippen molar-refractivity contribution < 1.29 is 14.7 Å². The standard InChI is InChI=1S/C27H34N4O3/c1-5-27(6-2)16-22(32)31(25(28)30-27)17(3)18-11-9-12-19(14-18)24(33)29-23-21-13-8-7-10-20(21)15-26(23,4)34/h7-14,17,23,34H,5-6,15-16H2,1-4H3,(H2,28,30)(H,29,33)/t17?,23-,26+/m1/s1. The van der Waals surface area contributed by atoms with E-state index in [-0.39, 0.29) is 23.8 Å². The molecule has 7 heteroatoms. The van der Waals surface area contributed by atoms with Crippen molar-refractivity contribution in [3.05, 3.63) is 70.8 Å². The van der Waals surface area contributed by atoms with Crippen molar-refractivity contribution in [3.8, 4) is 0 Å². The number of amides is 2. The first-order valence-corrected chi connectivity index (χ1v) is 12.0. The zero-order valence-corrected chi connectivity index (χ0v) is 20.3. The highest BCUT2D eigenvalue weighted by atomic mass is 16.3. The molecule has 2 aliphatic rings. The van der Waals surface area contributed by atoms with Crippen molar-refractivity contribution in [2.75, 3.05) is 0 Å². The van der Waals surface area contributed by atoms with Crippen molar-refractivity contribution in [3.63, 3.8) is 0 Å². The molecule has 1 aliphatic heterocycles. The number of guanidine groups is 1. The summed E-state index contributed by atoms with van der Waals surface area (Å²) in [5.41, 5.74) is 7.98. The van der Waals surface area contributed by atoms with Crippen LogP contribution in [0, 0.1) is 0 Å². The number of hydrogen-bond donors (Lipinski definition) is 3. The Morgan fingerprint density at radius 3 is 2.59 bits per heavy atom. The fourth-order valence-corrected chi connectivity index (χ4v) is 5.24. The van der Waals surface area contributed by atoms with E-state index in [9.17, 15) is 14.7 Å². The molecule has 0 fully saturated rings. The van der Waals surface area contributed by atoms with Crippen LogP contribution in [0.15, 0.2) is 53.5 Å². The lowest BCUT2D eigenvalue weighted by atomic mass is 9.87. The van der Waals surface area contributed by atoms with E-state index in [4.69, 9.17) is 5.73 Å². The van der Waals surface area contributed by atoms with Crippen LogP contribution >= 0.6 is 0 Å². The summed E-state index contributed by atoms with van der Waals surface area (Å²) in [5.74, 6) is -0.114. The number of aliphatic imine (C=N–C) groups is 1. The van der Waals surface area contributed by atoms with E-state index in [1.807, 2.05) is 51.1 Å². The maximum absolute atomic E-state index is 13.2. The number of nitrogens with zero attached hydrogens (tertiary/aromatic N) is 2. The van der Waals surface area contributed by atoms with Gasteiger partial charge in [0.25, 0.3) is 5.91 Å². The van der Waals surface area contributed by atoms with Crippen LogP contribution in [0.5, 0.6) is 0 Å². The van der Waals surface area contributed by atoms with E-state index in [0.29, 0.717) is 18.4 Å². The van der Waals surface area contributed by atoms with Gasteiger partial charge in [-0.15, -0.1) is 0 Å². The Morgan fingerprint density at radius 1 is 1.21 bits per heavy atom. The van der Waals surface area contributed by atoms with Crippen molar-refractivity contribution in [2.24, 2.45) is 10.7 Å². The lowest BCUT2D eigenvalue weighted by Gasteiger charge is -2.39. The molecule has 4 N–H and O–H groups in total. The number of carbonyl (C=O) groups is 2. The quantitative estimate of drug-likeness (QED) is 0.609. The molecule has 0 aromatic heterocycles. The average Bonchev–Trinajstić information content (AvgIpc) is 3.07. The minimum Gasteiger partial charge on any atom is -0.387 e. The Morgan fingerprint density at radius 2 is 1.91 bits per heavy atom. The molecule has 2 aromatic rings. The SMILES string of the molecule is CCC1(CC)CC(=O)N(C(C)c2cccc(C(=O)N[C@@H]3c4ccccc4C[C@]3(C)O)c2)C(N)=N1. The summed E-state index contributed by atoms with van der Waals surface area (Å²) in [6, 6.07) is 14.1. The van der Waals surface area contributed by atoms with Gasteiger partial charge in [-0.05, 0) is 55.5 Å². The van der Waals surface area contributed by atoms with Crippen molar-refractivity contribution in [1.82, 2.24) is 10.2 Å². The Hall–Kier alpha value is -3.19. The first-order chi connectivity index (χ1) is 16.1. The van der Waals surface area contributed by atoms with Gasteiger partial charge in [-0.1, -0.05) is 50.2 Å². The Kier molecular flexibility index (Phi) is 6.25. The first-order valence-electron chi connectivity index (χ1n) is 12.0. The molecule has 2 amide bonds. The summed E-state index contributed by atoms with van der Waals surface area (Å²) in [7, 11) is 0. The summed E-state index contributed by atoms with van der Waals surface area (Å²) in [5, 5.41) is 14.0.